The van der Waals surface area contributed by atoms with E-state index >= 15 is 0 Å². The van der Waals surface area contributed by atoms with Crippen molar-refractivity contribution in [3.8, 4) is 0 Å². The van der Waals surface area contributed by atoms with Gasteiger partial charge in [-0.05, 0) is 30.9 Å². The zero-order valence-corrected chi connectivity index (χ0v) is 10.5. The molecular formula is C13H16ClNO2. The minimum absolute atomic E-state index is 0.148. The summed E-state index contributed by atoms with van der Waals surface area (Å²) in [6.07, 6.45) is 2.36. The lowest BCUT2D eigenvalue weighted by Gasteiger charge is -2.35. The molecule has 1 aliphatic carbocycles. The number of hydrogen-bond donors (Lipinski definition) is 1. The third-order valence-corrected chi connectivity index (χ3v) is 3.57. The van der Waals surface area contributed by atoms with E-state index < -0.39 is 0 Å². The van der Waals surface area contributed by atoms with Crippen molar-refractivity contribution in [2.75, 3.05) is 18.5 Å². The van der Waals surface area contributed by atoms with E-state index in [4.69, 9.17) is 11.6 Å². The van der Waals surface area contributed by atoms with Crippen molar-refractivity contribution < 1.29 is 9.90 Å². The first kappa shape index (κ1) is 12.4. The van der Waals surface area contributed by atoms with Crippen LogP contribution in [0.25, 0.3) is 0 Å². The zero-order valence-electron chi connectivity index (χ0n) is 9.77. The number of para-hydroxylation sites is 1. The normalized spacial score (nSPS) is 23.0. The second-order valence-corrected chi connectivity index (χ2v) is 5.07. The molecule has 1 N–H and O–H groups in total. The van der Waals surface area contributed by atoms with Gasteiger partial charge in [-0.25, -0.2) is 0 Å². The van der Waals surface area contributed by atoms with Gasteiger partial charge in [-0.15, -0.1) is 0 Å². The fraction of sp³-hybridized carbons (Fsp3) is 0.462. The van der Waals surface area contributed by atoms with E-state index in [2.05, 4.69) is 0 Å². The van der Waals surface area contributed by atoms with Crippen LogP contribution >= 0.6 is 11.6 Å². The summed E-state index contributed by atoms with van der Waals surface area (Å²) >= 11 is 6.13. The molecule has 1 saturated carbocycles. The van der Waals surface area contributed by atoms with Crippen LogP contribution in [0, 0.1) is 5.92 Å². The predicted molar refractivity (Wildman–Crippen MR) is 68.8 cm³/mol. The zero-order chi connectivity index (χ0) is 12.4. The van der Waals surface area contributed by atoms with Crippen LogP contribution in [0.5, 0.6) is 0 Å². The number of aldehydes is 1. The Morgan fingerprint density at radius 3 is 2.82 bits per heavy atom. The lowest BCUT2D eigenvalue weighted by molar-refractivity contribution is 0.0464. The van der Waals surface area contributed by atoms with Gasteiger partial charge in [0.1, 0.15) is 0 Å². The molecular weight excluding hydrogens is 238 g/mol. The second-order valence-electron chi connectivity index (χ2n) is 4.67. The van der Waals surface area contributed by atoms with Crippen LogP contribution in [0.4, 0.5) is 5.69 Å². The molecule has 0 aliphatic heterocycles. The largest absolute Gasteiger partial charge is 0.393 e. The van der Waals surface area contributed by atoms with Gasteiger partial charge in [-0.1, -0.05) is 17.7 Å². The van der Waals surface area contributed by atoms with Gasteiger partial charge in [0, 0.05) is 19.2 Å². The van der Waals surface area contributed by atoms with E-state index in [1.165, 1.54) is 0 Å². The molecule has 0 saturated heterocycles. The number of anilines is 1. The summed E-state index contributed by atoms with van der Waals surface area (Å²) in [7, 11) is 1.93. The molecule has 0 unspecified atom stereocenters. The monoisotopic (exact) mass is 253 g/mol. The average molecular weight is 254 g/mol. The van der Waals surface area contributed by atoms with Gasteiger partial charge in [0.15, 0.2) is 6.29 Å². The summed E-state index contributed by atoms with van der Waals surface area (Å²) in [5.41, 5.74) is 1.39. The van der Waals surface area contributed by atoms with Crippen LogP contribution in [0.2, 0.25) is 5.02 Å². The maximum absolute atomic E-state index is 11.0. The fourth-order valence-electron chi connectivity index (χ4n) is 2.36. The molecule has 1 aromatic rings. The van der Waals surface area contributed by atoms with E-state index in [-0.39, 0.29) is 6.10 Å². The van der Waals surface area contributed by atoms with Gasteiger partial charge >= 0.3 is 0 Å². The maximum atomic E-state index is 11.0. The molecule has 0 amide bonds. The Morgan fingerprint density at radius 1 is 1.53 bits per heavy atom. The Hall–Kier alpha value is -1.06. The predicted octanol–water partition coefficient (Wildman–Crippen LogP) is 2.36. The van der Waals surface area contributed by atoms with Crippen molar-refractivity contribution in [1.82, 2.24) is 0 Å². The van der Waals surface area contributed by atoms with Gasteiger partial charge in [-0.3, -0.25) is 4.79 Å². The number of halogens is 1. The Kier molecular flexibility index (Phi) is 3.69. The quantitative estimate of drug-likeness (QED) is 0.838. The molecule has 1 aliphatic rings. The summed E-state index contributed by atoms with van der Waals surface area (Å²) < 4.78 is 0. The summed E-state index contributed by atoms with van der Waals surface area (Å²) in [5, 5.41) is 9.85. The maximum Gasteiger partial charge on any atom is 0.152 e. The van der Waals surface area contributed by atoms with Gasteiger partial charge in [0.05, 0.1) is 16.8 Å². The lowest BCUT2D eigenvalue weighted by atomic mass is 9.82. The summed E-state index contributed by atoms with van der Waals surface area (Å²) in [4.78, 5) is 13.0. The molecule has 1 aromatic carbocycles. The molecule has 3 nitrogen and oxygen atoms in total. The average Bonchev–Trinajstić information content (AvgIpc) is 2.26. The SMILES string of the molecule is CN(CC1CC(O)C1)c1c(Cl)cccc1C=O. The van der Waals surface area contributed by atoms with Crippen molar-refractivity contribution in [1.29, 1.82) is 0 Å². The summed E-state index contributed by atoms with van der Waals surface area (Å²) in [6.45, 7) is 0.821. The van der Waals surface area contributed by atoms with Crippen molar-refractivity contribution in [2.24, 2.45) is 5.92 Å². The molecule has 0 spiro atoms. The highest BCUT2D eigenvalue weighted by Crippen LogP contribution is 2.33. The first-order valence-corrected chi connectivity index (χ1v) is 6.12. The summed E-state index contributed by atoms with van der Waals surface area (Å²) in [5.74, 6) is 0.491. The van der Waals surface area contributed by atoms with E-state index in [9.17, 15) is 9.90 Å². The van der Waals surface area contributed by atoms with E-state index in [1.54, 1.807) is 18.2 Å². The number of nitrogens with zero attached hydrogens (tertiary/aromatic N) is 1. The number of aliphatic hydroxyl groups is 1. The number of benzene rings is 1. The Bertz CT molecular complexity index is 416. The molecule has 0 heterocycles. The highest BCUT2D eigenvalue weighted by molar-refractivity contribution is 6.33. The number of carbonyl (C=O) groups is 1. The highest BCUT2D eigenvalue weighted by atomic mass is 35.5. The minimum atomic E-state index is -0.148. The fourth-order valence-corrected chi connectivity index (χ4v) is 2.68. The number of aliphatic hydroxyl groups excluding tert-OH is 1. The molecule has 0 atom stereocenters. The molecule has 92 valence electrons. The van der Waals surface area contributed by atoms with Crippen LogP contribution in [0.15, 0.2) is 18.2 Å². The van der Waals surface area contributed by atoms with Crippen LogP contribution in [0.3, 0.4) is 0 Å². The van der Waals surface area contributed by atoms with E-state index in [0.29, 0.717) is 16.5 Å². The Labute approximate surface area is 106 Å². The molecule has 2 rings (SSSR count). The highest BCUT2D eigenvalue weighted by Gasteiger charge is 2.28. The third-order valence-electron chi connectivity index (χ3n) is 3.27. The van der Waals surface area contributed by atoms with E-state index in [0.717, 1.165) is 31.4 Å². The smallest absolute Gasteiger partial charge is 0.152 e. The lowest BCUT2D eigenvalue weighted by Crippen LogP contribution is -2.37. The standard InChI is InChI=1S/C13H16ClNO2/c1-15(7-9-5-11(17)6-9)13-10(8-16)3-2-4-12(13)14/h2-4,8-9,11,17H,5-7H2,1H3. The van der Waals surface area contributed by atoms with Crippen molar-refractivity contribution in [3.63, 3.8) is 0 Å². The van der Waals surface area contributed by atoms with Crippen LogP contribution in [-0.4, -0.2) is 31.1 Å². The topological polar surface area (TPSA) is 40.5 Å². The molecule has 0 aromatic heterocycles. The number of rotatable bonds is 4. The van der Waals surface area contributed by atoms with Crippen LogP contribution in [0.1, 0.15) is 23.2 Å². The van der Waals surface area contributed by atoms with Crippen molar-refractivity contribution in [2.45, 2.75) is 18.9 Å². The van der Waals surface area contributed by atoms with Gasteiger partial charge in [0.2, 0.25) is 0 Å². The van der Waals surface area contributed by atoms with Crippen molar-refractivity contribution in [3.05, 3.63) is 28.8 Å². The van der Waals surface area contributed by atoms with Gasteiger partial charge in [-0.2, -0.15) is 0 Å². The molecule has 0 bridgehead atoms. The molecule has 1 fully saturated rings. The van der Waals surface area contributed by atoms with Crippen LogP contribution in [-0.2, 0) is 0 Å². The number of carbonyl (C=O) groups excluding carboxylic acids is 1. The van der Waals surface area contributed by atoms with Gasteiger partial charge in [0.25, 0.3) is 0 Å². The Balaban J connectivity index is 2.12. The minimum Gasteiger partial charge on any atom is -0.393 e. The first-order chi connectivity index (χ1) is 8.11. The van der Waals surface area contributed by atoms with E-state index in [1.807, 2.05) is 11.9 Å². The summed E-state index contributed by atoms with van der Waals surface area (Å²) in [6, 6.07) is 5.33. The first-order valence-electron chi connectivity index (χ1n) is 5.74. The number of hydrogen-bond acceptors (Lipinski definition) is 3. The second kappa shape index (κ2) is 5.07. The van der Waals surface area contributed by atoms with Crippen molar-refractivity contribution >= 4 is 23.6 Å². The van der Waals surface area contributed by atoms with Crippen LogP contribution < -0.4 is 4.90 Å². The molecule has 0 radical (unpaired) electrons. The van der Waals surface area contributed by atoms with Gasteiger partial charge < -0.3 is 10.0 Å². The third kappa shape index (κ3) is 2.61. The molecule has 4 heteroatoms. The molecule has 17 heavy (non-hydrogen) atoms. The Morgan fingerprint density at radius 2 is 2.24 bits per heavy atom.